The van der Waals surface area contributed by atoms with Gasteiger partial charge in [-0.1, -0.05) is 24.3 Å². The highest BCUT2D eigenvalue weighted by atomic mass is 16.1. The van der Waals surface area contributed by atoms with E-state index in [2.05, 4.69) is 56.3 Å². The van der Waals surface area contributed by atoms with Gasteiger partial charge in [0.05, 0.1) is 5.56 Å². The van der Waals surface area contributed by atoms with Crippen LogP contribution >= 0.6 is 0 Å². The summed E-state index contributed by atoms with van der Waals surface area (Å²) < 4.78 is 0. The number of carbonyl (C=O) groups is 1. The van der Waals surface area contributed by atoms with Gasteiger partial charge in [-0.3, -0.25) is 4.79 Å². The van der Waals surface area contributed by atoms with E-state index in [0.717, 1.165) is 37.4 Å². The largest absolute Gasteiger partial charge is 0.368 e. The number of aromatic nitrogens is 2. The molecule has 1 N–H and O–H groups in total. The summed E-state index contributed by atoms with van der Waals surface area (Å²) in [6, 6.07) is 16.3. The Morgan fingerprint density at radius 1 is 0.862 bits per heavy atom. The number of hydrogen-bond donors (Lipinski definition) is 1. The van der Waals surface area contributed by atoms with Crippen LogP contribution in [0.1, 0.15) is 21.5 Å². The summed E-state index contributed by atoms with van der Waals surface area (Å²) in [4.78, 5) is 25.8. The van der Waals surface area contributed by atoms with E-state index >= 15 is 0 Å². The maximum atomic E-state index is 12.4. The quantitative estimate of drug-likeness (QED) is 0.740. The zero-order valence-electron chi connectivity index (χ0n) is 16.8. The number of nitrogens with zero attached hydrogens (tertiary/aromatic N) is 4. The lowest BCUT2D eigenvalue weighted by Crippen LogP contribution is -2.47. The third kappa shape index (κ3) is 4.54. The summed E-state index contributed by atoms with van der Waals surface area (Å²) in [5, 5.41) is 2.89. The normalized spacial score (nSPS) is 14.0. The van der Waals surface area contributed by atoms with Crippen molar-refractivity contribution < 1.29 is 4.79 Å². The number of nitrogens with one attached hydrogen (secondary N) is 1. The Labute approximate surface area is 171 Å². The van der Waals surface area contributed by atoms with Crippen LogP contribution in [0.3, 0.4) is 0 Å². The molecule has 0 radical (unpaired) electrons. The maximum absolute atomic E-state index is 12.4. The molecule has 1 amide bonds. The minimum Gasteiger partial charge on any atom is -0.368 e. The molecule has 0 unspecified atom stereocenters. The summed E-state index contributed by atoms with van der Waals surface area (Å²) in [6.07, 6.45) is 3.20. The van der Waals surface area contributed by atoms with Crippen molar-refractivity contribution in [1.82, 2.24) is 9.97 Å². The van der Waals surface area contributed by atoms with Gasteiger partial charge in [0.25, 0.3) is 5.91 Å². The van der Waals surface area contributed by atoms with Gasteiger partial charge in [-0.2, -0.15) is 0 Å². The van der Waals surface area contributed by atoms with Crippen LogP contribution < -0.4 is 15.1 Å². The molecule has 0 spiro atoms. The van der Waals surface area contributed by atoms with Gasteiger partial charge in [0.2, 0.25) is 5.95 Å². The molecular weight excluding hydrogens is 362 g/mol. The number of carbonyl (C=O) groups excluding carboxylic acids is 1. The smallest absolute Gasteiger partial charge is 0.258 e. The van der Waals surface area contributed by atoms with Crippen molar-refractivity contribution >= 4 is 23.2 Å². The van der Waals surface area contributed by atoms with Crippen molar-refractivity contribution in [2.24, 2.45) is 0 Å². The molecule has 2 aromatic carbocycles. The molecule has 0 atom stereocenters. The number of amides is 1. The fourth-order valence-electron chi connectivity index (χ4n) is 3.52. The minimum absolute atomic E-state index is 0.202. The third-order valence-corrected chi connectivity index (χ3v) is 5.11. The van der Waals surface area contributed by atoms with Crippen LogP contribution in [0.25, 0.3) is 0 Å². The Balaban J connectivity index is 1.36. The monoisotopic (exact) mass is 387 g/mol. The first kappa shape index (κ1) is 18.9. The minimum atomic E-state index is -0.202. The van der Waals surface area contributed by atoms with Crippen molar-refractivity contribution in [3.05, 3.63) is 77.6 Å². The van der Waals surface area contributed by atoms with Crippen molar-refractivity contribution in [3.8, 4) is 0 Å². The van der Waals surface area contributed by atoms with Crippen molar-refractivity contribution in [3.63, 3.8) is 0 Å². The van der Waals surface area contributed by atoms with E-state index in [9.17, 15) is 4.79 Å². The molecule has 0 saturated carbocycles. The highest BCUT2D eigenvalue weighted by Crippen LogP contribution is 2.19. The Kier molecular flexibility index (Phi) is 5.42. The first-order chi connectivity index (χ1) is 14.1. The van der Waals surface area contributed by atoms with Gasteiger partial charge in [0.15, 0.2) is 0 Å². The molecule has 1 aliphatic heterocycles. The van der Waals surface area contributed by atoms with E-state index in [1.807, 2.05) is 31.2 Å². The van der Waals surface area contributed by atoms with Gasteiger partial charge in [0, 0.05) is 49.9 Å². The van der Waals surface area contributed by atoms with E-state index in [0.29, 0.717) is 11.5 Å². The van der Waals surface area contributed by atoms with Crippen LogP contribution in [0.2, 0.25) is 0 Å². The molecule has 1 saturated heterocycles. The molecule has 0 bridgehead atoms. The lowest BCUT2D eigenvalue weighted by molar-refractivity contribution is 0.102. The average Bonchev–Trinajstić information content (AvgIpc) is 2.74. The molecule has 6 heteroatoms. The number of rotatable bonds is 4. The SMILES string of the molecule is Cc1cccc(NC(=O)c2cnc(N3CCN(c4cccc(C)c4)CC3)nc2)c1. The molecule has 0 aliphatic carbocycles. The summed E-state index contributed by atoms with van der Waals surface area (Å²) in [7, 11) is 0. The fourth-order valence-corrected chi connectivity index (χ4v) is 3.52. The zero-order chi connectivity index (χ0) is 20.2. The van der Waals surface area contributed by atoms with Gasteiger partial charge >= 0.3 is 0 Å². The molecule has 148 valence electrons. The van der Waals surface area contributed by atoms with E-state index in [-0.39, 0.29) is 5.91 Å². The lowest BCUT2D eigenvalue weighted by atomic mass is 10.2. The van der Waals surface area contributed by atoms with Crippen LogP contribution in [0.15, 0.2) is 60.9 Å². The number of aryl methyl sites for hydroxylation is 2. The highest BCUT2D eigenvalue weighted by Gasteiger charge is 2.19. The number of anilines is 3. The summed E-state index contributed by atoms with van der Waals surface area (Å²) >= 11 is 0. The van der Waals surface area contributed by atoms with Crippen LogP contribution in [0.4, 0.5) is 17.3 Å². The Morgan fingerprint density at radius 2 is 1.48 bits per heavy atom. The van der Waals surface area contributed by atoms with E-state index < -0.39 is 0 Å². The Bertz CT molecular complexity index is 994. The molecule has 1 fully saturated rings. The highest BCUT2D eigenvalue weighted by molar-refractivity contribution is 6.03. The average molecular weight is 387 g/mol. The first-order valence-electron chi connectivity index (χ1n) is 9.85. The second-order valence-electron chi connectivity index (χ2n) is 7.41. The van der Waals surface area contributed by atoms with Crippen LogP contribution in [0, 0.1) is 13.8 Å². The standard InChI is InChI=1S/C23H25N5O/c1-17-5-3-7-20(13-17)26-22(29)19-15-24-23(25-16-19)28-11-9-27(10-12-28)21-8-4-6-18(2)14-21/h3-8,13-16H,9-12H2,1-2H3,(H,26,29). The van der Waals surface area contributed by atoms with Crippen LogP contribution in [0.5, 0.6) is 0 Å². The summed E-state index contributed by atoms with van der Waals surface area (Å²) in [5.74, 6) is 0.465. The maximum Gasteiger partial charge on any atom is 0.258 e. The van der Waals surface area contributed by atoms with Gasteiger partial charge in [-0.15, -0.1) is 0 Å². The van der Waals surface area contributed by atoms with Crippen LogP contribution in [-0.2, 0) is 0 Å². The third-order valence-electron chi connectivity index (χ3n) is 5.11. The predicted molar refractivity (Wildman–Crippen MR) is 117 cm³/mol. The van der Waals surface area contributed by atoms with Gasteiger partial charge < -0.3 is 15.1 Å². The van der Waals surface area contributed by atoms with Crippen molar-refractivity contribution in [2.45, 2.75) is 13.8 Å². The van der Waals surface area contributed by atoms with E-state index in [1.54, 1.807) is 12.4 Å². The van der Waals surface area contributed by atoms with E-state index in [1.165, 1.54) is 11.3 Å². The zero-order valence-corrected chi connectivity index (χ0v) is 16.8. The topological polar surface area (TPSA) is 61.4 Å². The predicted octanol–water partition coefficient (Wildman–Crippen LogP) is 3.67. The lowest BCUT2D eigenvalue weighted by Gasteiger charge is -2.36. The number of piperazine rings is 1. The molecule has 1 aromatic heterocycles. The Morgan fingerprint density at radius 3 is 2.14 bits per heavy atom. The van der Waals surface area contributed by atoms with Crippen molar-refractivity contribution in [1.29, 1.82) is 0 Å². The molecule has 1 aliphatic rings. The fraction of sp³-hybridized carbons (Fsp3) is 0.261. The molecule has 29 heavy (non-hydrogen) atoms. The van der Waals surface area contributed by atoms with Gasteiger partial charge in [-0.05, 0) is 49.2 Å². The molecular formula is C23H25N5O. The molecule has 6 nitrogen and oxygen atoms in total. The summed E-state index contributed by atoms with van der Waals surface area (Å²) in [5.41, 5.74) is 4.85. The first-order valence-corrected chi connectivity index (χ1v) is 9.85. The van der Waals surface area contributed by atoms with E-state index in [4.69, 9.17) is 0 Å². The Hall–Kier alpha value is -3.41. The molecule has 2 heterocycles. The second-order valence-corrected chi connectivity index (χ2v) is 7.41. The van der Waals surface area contributed by atoms with Gasteiger partial charge in [0.1, 0.15) is 0 Å². The second kappa shape index (κ2) is 8.31. The molecule has 3 aromatic rings. The van der Waals surface area contributed by atoms with Crippen molar-refractivity contribution in [2.75, 3.05) is 41.3 Å². The number of benzene rings is 2. The number of hydrogen-bond acceptors (Lipinski definition) is 5. The summed E-state index contributed by atoms with van der Waals surface area (Å²) in [6.45, 7) is 7.65. The van der Waals surface area contributed by atoms with Crippen LogP contribution in [-0.4, -0.2) is 42.1 Å². The molecule has 4 rings (SSSR count). The van der Waals surface area contributed by atoms with Gasteiger partial charge in [-0.25, -0.2) is 9.97 Å².